The van der Waals surface area contributed by atoms with Crippen LogP contribution < -0.4 is 15.4 Å². The van der Waals surface area contributed by atoms with Gasteiger partial charge in [0.1, 0.15) is 5.75 Å². The van der Waals surface area contributed by atoms with Gasteiger partial charge in [-0.05, 0) is 29.7 Å². The van der Waals surface area contributed by atoms with E-state index in [0.29, 0.717) is 29.1 Å². The quantitative estimate of drug-likeness (QED) is 0.643. The highest BCUT2D eigenvalue weighted by atomic mass is 16.5. The van der Waals surface area contributed by atoms with Crippen LogP contribution in [0.15, 0.2) is 60.8 Å². The van der Waals surface area contributed by atoms with Gasteiger partial charge in [-0.25, -0.2) is 0 Å². The average molecular weight is 372 g/mol. The summed E-state index contributed by atoms with van der Waals surface area (Å²) in [5.41, 5.74) is 3.31. The van der Waals surface area contributed by atoms with E-state index in [4.69, 9.17) is 10.00 Å². The Morgan fingerprint density at radius 3 is 2.75 bits per heavy atom. The maximum absolute atomic E-state index is 11.9. The van der Waals surface area contributed by atoms with Gasteiger partial charge < -0.3 is 15.4 Å². The molecule has 2 N–H and O–H groups in total. The van der Waals surface area contributed by atoms with Gasteiger partial charge in [-0.2, -0.15) is 5.26 Å². The summed E-state index contributed by atoms with van der Waals surface area (Å²) in [7, 11) is 3.20. The lowest BCUT2D eigenvalue weighted by molar-refractivity contribution is 0.0963. The van der Waals surface area contributed by atoms with Crippen molar-refractivity contribution in [1.29, 1.82) is 5.26 Å². The molecule has 0 atom stereocenters. The van der Waals surface area contributed by atoms with Gasteiger partial charge in [0.05, 0.1) is 24.6 Å². The molecule has 6 nitrogen and oxygen atoms in total. The number of nitrogens with one attached hydrogen (secondary N) is 2. The molecule has 1 aromatic heterocycles. The fourth-order valence-electron chi connectivity index (χ4n) is 2.92. The van der Waals surface area contributed by atoms with Crippen molar-refractivity contribution in [1.82, 2.24) is 10.3 Å². The van der Waals surface area contributed by atoms with Crippen molar-refractivity contribution >= 4 is 22.4 Å². The van der Waals surface area contributed by atoms with Crippen molar-refractivity contribution in [2.24, 2.45) is 0 Å². The summed E-state index contributed by atoms with van der Waals surface area (Å²) in [6.07, 6.45) is 1.62. The van der Waals surface area contributed by atoms with E-state index in [0.717, 1.165) is 22.0 Å². The second-order valence-electron chi connectivity index (χ2n) is 6.16. The molecule has 6 heteroatoms. The number of carbonyl (C=O) groups is 1. The highest BCUT2D eigenvalue weighted by Gasteiger charge is 2.12. The van der Waals surface area contributed by atoms with Gasteiger partial charge in [0.15, 0.2) is 0 Å². The first-order chi connectivity index (χ1) is 13.6. The summed E-state index contributed by atoms with van der Waals surface area (Å²) >= 11 is 0. The number of hydrogen-bond donors (Lipinski definition) is 2. The third-order valence-electron chi connectivity index (χ3n) is 4.38. The van der Waals surface area contributed by atoms with E-state index in [9.17, 15) is 4.79 Å². The van der Waals surface area contributed by atoms with Crippen molar-refractivity contribution in [3.63, 3.8) is 0 Å². The van der Waals surface area contributed by atoms with Crippen LogP contribution in [0.2, 0.25) is 0 Å². The average Bonchev–Trinajstić information content (AvgIpc) is 2.76. The van der Waals surface area contributed by atoms with Crippen LogP contribution >= 0.6 is 0 Å². The topological polar surface area (TPSA) is 87.0 Å². The molecule has 0 saturated heterocycles. The molecule has 0 bridgehead atoms. The zero-order chi connectivity index (χ0) is 20.1. The first kappa shape index (κ1) is 18.9. The van der Waals surface area contributed by atoms with E-state index in [1.807, 2.05) is 36.4 Å². The number of nitrogens with zero attached hydrogens (tertiary/aromatic N) is 2. The van der Waals surface area contributed by atoms with Gasteiger partial charge in [0.25, 0.3) is 5.91 Å². The Labute approximate surface area is 163 Å². The molecule has 140 valence electrons. The highest BCUT2D eigenvalue weighted by Crippen LogP contribution is 2.35. The van der Waals surface area contributed by atoms with Crippen LogP contribution in [0, 0.1) is 11.3 Å². The smallest absolute Gasteiger partial charge is 0.251 e. The van der Waals surface area contributed by atoms with Gasteiger partial charge in [0.2, 0.25) is 0 Å². The third kappa shape index (κ3) is 3.79. The van der Waals surface area contributed by atoms with Gasteiger partial charge in [0, 0.05) is 41.9 Å². The highest BCUT2D eigenvalue weighted by molar-refractivity contribution is 6.00. The van der Waals surface area contributed by atoms with Crippen LogP contribution in [0.1, 0.15) is 10.4 Å². The minimum absolute atomic E-state index is 0.163. The summed E-state index contributed by atoms with van der Waals surface area (Å²) in [4.78, 5) is 16.3. The Bertz CT molecular complexity index is 1100. The van der Waals surface area contributed by atoms with E-state index in [1.54, 1.807) is 32.5 Å². The fraction of sp³-hybridized carbons (Fsp3) is 0.136. The number of nitriles is 1. The maximum Gasteiger partial charge on any atom is 0.251 e. The Balaban J connectivity index is 2.10. The standard InChI is InChI=1S/C22H20N4O2/c1-14(12-23)13-26-21-18-10-16(5-4-15(18)6-7-20(21)28-3)19-11-17(8-9-25-19)22(27)24-2/h4-11,26H,1,13H2,2-3H3,(H,24,27). The molecule has 0 spiro atoms. The maximum atomic E-state index is 11.9. The summed E-state index contributed by atoms with van der Waals surface area (Å²) < 4.78 is 5.49. The van der Waals surface area contributed by atoms with Crippen molar-refractivity contribution < 1.29 is 9.53 Å². The summed E-state index contributed by atoms with van der Waals surface area (Å²) in [6.45, 7) is 4.03. The lowest BCUT2D eigenvalue weighted by atomic mass is 10.0. The largest absolute Gasteiger partial charge is 0.495 e. The van der Waals surface area contributed by atoms with Crippen molar-refractivity contribution in [2.75, 3.05) is 26.0 Å². The molecule has 1 amide bonds. The number of methoxy groups -OCH3 is 1. The van der Waals surface area contributed by atoms with Crippen molar-refractivity contribution in [2.45, 2.75) is 0 Å². The second-order valence-corrected chi connectivity index (χ2v) is 6.16. The SMILES string of the molecule is C=C(C#N)CNc1c(OC)ccc2ccc(-c3cc(C(=O)NC)ccn3)cc12. The Morgan fingerprint density at radius 2 is 2.04 bits per heavy atom. The van der Waals surface area contributed by atoms with Gasteiger partial charge in [-0.3, -0.25) is 9.78 Å². The van der Waals surface area contributed by atoms with Crippen LogP contribution in [0.25, 0.3) is 22.0 Å². The summed E-state index contributed by atoms with van der Waals surface area (Å²) in [5, 5.41) is 16.8. The van der Waals surface area contributed by atoms with Crippen molar-refractivity contribution in [3.8, 4) is 23.1 Å². The Hall–Kier alpha value is -3.85. The van der Waals surface area contributed by atoms with Gasteiger partial charge in [-0.1, -0.05) is 24.8 Å². The number of fused-ring (bicyclic) bond motifs is 1. The molecule has 0 aliphatic heterocycles. The molecule has 3 aromatic rings. The monoisotopic (exact) mass is 372 g/mol. The normalized spacial score (nSPS) is 10.2. The molecule has 28 heavy (non-hydrogen) atoms. The molecule has 0 radical (unpaired) electrons. The van der Waals surface area contributed by atoms with E-state index in [2.05, 4.69) is 22.2 Å². The number of carbonyl (C=O) groups excluding carboxylic acids is 1. The number of pyridine rings is 1. The number of benzene rings is 2. The third-order valence-corrected chi connectivity index (χ3v) is 4.38. The van der Waals surface area contributed by atoms with Crippen LogP contribution in [0.4, 0.5) is 5.69 Å². The summed E-state index contributed by atoms with van der Waals surface area (Å²) in [5.74, 6) is 0.506. The molecule has 3 rings (SSSR count). The molecule has 0 saturated carbocycles. The van der Waals surface area contributed by atoms with Gasteiger partial charge in [-0.15, -0.1) is 0 Å². The Morgan fingerprint density at radius 1 is 1.25 bits per heavy atom. The van der Waals surface area contributed by atoms with Crippen LogP contribution in [-0.2, 0) is 0 Å². The van der Waals surface area contributed by atoms with Crippen LogP contribution in [0.3, 0.4) is 0 Å². The molecular weight excluding hydrogens is 352 g/mol. The minimum atomic E-state index is -0.163. The van der Waals surface area contributed by atoms with Crippen molar-refractivity contribution in [3.05, 3.63) is 66.4 Å². The molecular formula is C22H20N4O2. The van der Waals surface area contributed by atoms with E-state index >= 15 is 0 Å². The molecule has 0 aliphatic carbocycles. The number of amides is 1. The van der Waals surface area contributed by atoms with Crippen LogP contribution in [0.5, 0.6) is 5.75 Å². The number of aromatic nitrogens is 1. The second kappa shape index (κ2) is 8.23. The molecule has 0 unspecified atom stereocenters. The fourth-order valence-corrected chi connectivity index (χ4v) is 2.92. The minimum Gasteiger partial charge on any atom is -0.495 e. The summed E-state index contributed by atoms with van der Waals surface area (Å²) in [6, 6.07) is 15.3. The van der Waals surface area contributed by atoms with E-state index in [-0.39, 0.29) is 5.91 Å². The number of rotatable bonds is 6. The predicted octanol–water partition coefficient (Wildman–Crippen LogP) is 3.76. The lowest BCUT2D eigenvalue weighted by Gasteiger charge is -2.15. The zero-order valence-corrected chi connectivity index (χ0v) is 15.7. The molecule has 0 fully saturated rings. The molecule has 0 aliphatic rings. The predicted molar refractivity (Wildman–Crippen MR) is 110 cm³/mol. The lowest BCUT2D eigenvalue weighted by Crippen LogP contribution is -2.17. The first-order valence-corrected chi connectivity index (χ1v) is 8.68. The van der Waals surface area contributed by atoms with Crippen LogP contribution in [-0.4, -0.2) is 31.6 Å². The molecule has 2 aromatic carbocycles. The Kier molecular flexibility index (Phi) is 5.56. The molecule has 1 heterocycles. The van der Waals surface area contributed by atoms with E-state index in [1.165, 1.54) is 0 Å². The van der Waals surface area contributed by atoms with Gasteiger partial charge >= 0.3 is 0 Å². The number of hydrogen-bond acceptors (Lipinski definition) is 5. The number of ether oxygens (including phenoxy) is 1. The zero-order valence-electron chi connectivity index (χ0n) is 15.7. The number of anilines is 1. The van der Waals surface area contributed by atoms with E-state index < -0.39 is 0 Å². The first-order valence-electron chi connectivity index (χ1n) is 8.68.